The van der Waals surface area contributed by atoms with Gasteiger partial charge in [0.25, 0.3) is 0 Å². The second kappa shape index (κ2) is 17.8. The summed E-state index contributed by atoms with van der Waals surface area (Å²) in [7, 11) is 0. The first kappa shape index (κ1) is 24.7. The van der Waals surface area contributed by atoms with Crippen LogP contribution in [0.3, 0.4) is 0 Å². The van der Waals surface area contributed by atoms with E-state index in [4.69, 9.17) is 0 Å². The monoisotopic (exact) mass is 387 g/mol. The maximum absolute atomic E-state index is 12.8. The van der Waals surface area contributed by atoms with Crippen molar-refractivity contribution in [3.63, 3.8) is 0 Å². The Morgan fingerprint density at radius 3 is 1.54 bits per heavy atom. The summed E-state index contributed by atoms with van der Waals surface area (Å²) in [6.07, 6.45) is 18.8. The molecule has 0 fully saturated rings. The molecule has 0 bridgehead atoms. The predicted octanol–water partition coefficient (Wildman–Crippen LogP) is 7.56. The van der Waals surface area contributed by atoms with Crippen molar-refractivity contribution in [2.45, 2.75) is 110 Å². The van der Waals surface area contributed by atoms with Gasteiger partial charge in [-0.15, -0.1) is 0 Å². The zero-order valence-corrected chi connectivity index (χ0v) is 18.8. The Morgan fingerprint density at radius 1 is 0.643 bits per heavy atom. The van der Waals surface area contributed by atoms with Crippen LogP contribution in [0.15, 0.2) is 30.3 Å². The van der Waals surface area contributed by atoms with Crippen LogP contribution in [0.4, 0.5) is 0 Å². The van der Waals surface area contributed by atoms with Crippen LogP contribution in [-0.4, -0.2) is 23.9 Å². The Kier molecular flexibility index (Phi) is 15.7. The van der Waals surface area contributed by atoms with E-state index >= 15 is 0 Å². The quantitative estimate of drug-likeness (QED) is 0.238. The van der Waals surface area contributed by atoms with Gasteiger partial charge in [0.2, 0.25) is 5.91 Å². The van der Waals surface area contributed by atoms with Crippen molar-refractivity contribution in [3.8, 4) is 0 Å². The molecule has 0 atom stereocenters. The Bertz CT molecular complexity index is 453. The average molecular weight is 388 g/mol. The van der Waals surface area contributed by atoms with Gasteiger partial charge in [-0.1, -0.05) is 121 Å². The topological polar surface area (TPSA) is 20.3 Å². The van der Waals surface area contributed by atoms with Crippen LogP contribution < -0.4 is 0 Å². The SMILES string of the molecule is CCCCCCCCCN(CCCCCCCCC)C(=O)Cc1ccccc1. The number of amides is 1. The van der Waals surface area contributed by atoms with E-state index in [1.165, 1.54) is 77.0 Å². The van der Waals surface area contributed by atoms with Gasteiger partial charge in [0.05, 0.1) is 6.42 Å². The lowest BCUT2D eigenvalue weighted by Crippen LogP contribution is -2.34. The van der Waals surface area contributed by atoms with E-state index in [2.05, 4.69) is 30.9 Å². The van der Waals surface area contributed by atoms with Crippen LogP contribution >= 0.6 is 0 Å². The number of hydrogen-bond donors (Lipinski definition) is 0. The van der Waals surface area contributed by atoms with E-state index in [0.717, 1.165) is 31.5 Å². The van der Waals surface area contributed by atoms with Gasteiger partial charge in [-0.3, -0.25) is 4.79 Å². The summed E-state index contributed by atoms with van der Waals surface area (Å²) in [4.78, 5) is 15.0. The van der Waals surface area contributed by atoms with Crippen molar-refractivity contribution < 1.29 is 4.79 Å². The van der Waals surface area contributed by atoms with Crippen molar-refractivity contribution in [2.24, 2.45) is 0 Å². The molecule has 0 aliphatic heterocycles. The summed E-state index contributed by atoms with van der Waals surface area (Å²) < 4.78 is 0. The van der Waals surface area contributed by atoms with E-state index in [1.54, 1.807) is 0 Å². The molecule has 0 N–H and O–H groups in total. The molecule has 160 valence electrons. The molecular formula is C26H45NO. The second-order valence-corrected chi connectivity index (χ2v) is 8.29. The lowest BCUT2D eigenvalue weighted by Gasteiger charge is -2.23. The van der Waals surface area contributed by atoms with Crippen LogP contribution in [-0.2, 0) is 11.2 Å². The van der Waals surface area contributed by atoms with Gasteiger partial charge < -0.3 is 4.90 Å². The molecule has 0 saturated carbocycles. The van der Waals surface area contributed by atoms with Gasteiger partial charge in [-0.2, -0.15) is 0 Å². The molecule has 0 heterocycles. The molecule has 0 unspecified atom stereocenters. The number of benzene rings is 1. The molecule has 1 aromatic rings. The third-order valence-corrected chi connectivity index (χ3v) is 5.61. The highest BCUT2D eigenvalue weighted by Crippen LogP contribution is 2.12. The number of rotatable bonds is 18. The smallest absolute Gasteiger partial charge is 0.226 e. The van der Waals surface area contributed by atoms with E-state index in [9.17, 15) is 4.79 Å². The molecule has 28 heavy (non-hydrogen) atoms. The van der Waals surface area contributed by atoms with Crippen molar-refractivity contribution in [3.05, 3.63) is 35.9 Å². The van der Waals surface area contributed by atoms with Crippen molar-refractivity contribution in [2.75, 3.05) is 13.1 Å². The fraction of sp³-hybridized carbons (Fsp3) is 0.731. The zero-order chi connectivity index (χ0) is 20.3. The Hall–Kier alpha value is -1.31. The van der Waals surface area contributed by atoms with Crippen LogP contribution in [0.25, 0.3) is 0 Å². The van der Waals surface area contributed by atoms with Gasteiger partial charge in [0.15, 0.2) is 0 Å². The fourth-order valence-electron chi connectivity index (χ4n) is 3.76. The van der Waals surface area contributed by atoms with Crippen molar-refractivity contribution >= 4 is 5.91 Å². The first-order valence-corrected chi connectivity index (χ1v) is 12.1. The molecule has 0 aliphatic rings. The number of unbranched alkanes of at least 4 members (excludes halogenated alkanes) is 12. The Morgan fingerprint density at radius 2 is 1.07 bits per heavy atom. The lowest BCUT2D eigenvalue weighted by molar-refractivity contribution is -0.130. The number of nitrogens with zero attached hydrogens (tertiary/aromatic N) is 1. The van der Waals surface area contributed by atoms with Crippen LogP contribution in [0, 0.1) is 0 Å². The third-order valence-electron chi connectivity index (χ3n) is 5.61. The minimum atomic E-state index is 0.308. The maximum Gasteiger partial charge on any atom is 0.226 e. The third kappa shape index (κ3) is 13.0. The van der Waals surface area contributed by atoms with Crippen molar-refractivity contribution in [1.82, 2.24) is 4.90 Å². The first-order chi connectivity index (χ1) is 13.8. The average Bonchev–Trinajstić information content (AvgIpc) is 2.71. The first-order valence-electron chi connectivity index (χ1n) is 12.1. The molecule has 2 heteroatoms. The number of carbonyl (C=O) groups is 1. The molecule has 0 aromatic heterocycles. The van der Waals surface area contributed by atoms with Gasteiger partial charge >= 0.3 is 0 Å². The van der Waals surface area contributed by atoms with E-state index in [0.29, 0.717) is 12.3 Å². The Labute approximate surface area is 175 Å². The molecule has 1 amide bonds. The largest absolute Gasteiger partial charge is 0.342 e. The van der Waals surface area contributed by atoms with Crippen LogP contribution in [0.1, 0.15) is 109 Å². The molecule has 2 nitrogen and oxygen atoms in total. The molecule has 1 rings (SSSR count). The molecule has 0 aliphatic carbocycles. The molecule has 0 radical (unpaired) electrons. The highest BCUT2D eigenvalue weighted by molar-refractivity contribution is 5.78. The number of hydrogen-bond acceptors (Lipinski definition) is 1. The Balaban J connectivity index is 2.33. The summed E-state index contributed by atoms with van der Waals surface area (Å²) in [5.74, 6) is 0.308. The molecule has 0 saturated heterocycles. The summed E-state index contributed by atoms with van der Waals surface area (Å²) in [6, 6.07) is 10.2. The van der Waals surface area contributed by atoms with Crippen molar-refractivity contribution in [1.29, 1.82) is 0 Å². The van der Waals surface area contributed by atoms with Gasteiger partial charge in [-0.05, 0) is 18.4 Å². The maximum atomic E-state index is 12.8. The highest BCUT2D eigenvalue weighted by Gasteiger charge is 2.13. The van der Waals surface area contributed by atoms with E-state index < -0.39 is 0 Å². The summed E-state index contributed by atoms with van der Waals surface area (Å²) in [5, 5.41) is 0. The normalized spacial score (nSPS) is 10.9. The zero-order valence-electron chi connectivity index (χ0n) is 18.8. The van der Waals surface area contributed by atoms with E-state index in [-0.39, 0.29) is 0 Å². The van der Waals surface area contributed by atoms with Gasteiger partial charge in [-0.25, -0.2) is 0 Å². The van der Waals surface area contributed by atoms with Gasteiger partial charge in [0, 0.05) is 13.1 Å². The molecular weight excluding hydrogens is 342 g/mol. The van der Waals surface area contributed by atoms with E-state index in [1.807, 2.05) is 18.2 Å². The molecule has 0 spiro atoms. The summed E-state index contributed by atoms with van der Waals surface area (Å²) >= 11 is 0. The molecule has 1 aromatic carbocycles. The minimum Gasteiger partial charge on any atom is -0.342 e. The predicted molar refractivity (Wildman–Crippen MR) is 123 cm³/mol. The standard InChI is InChI=1S/C26H45NO/c1-3-5-7-9-11-13-18-22-27(23-19-14-12-10-8-6-4-2)26(28)24-25-20-16-15-17-21-25/h15-17,20-21H,3-14,18-19,22-24H2,1-2H3. The fourth-order valence-corrected chi connectivity index (χ4v) is 3.76. The summed E-state index contributed by atoms with van der Waals surface area (Å²) in [6.45, 7) is 6.41. The lowest BCUT2D eigenvalue weighted by atomic mass is 10.1. The second-order valence-electron chi connectivity index (χ2n) is 8.29. The van der Waals surface area contributed by atoms with Gasteiger partial charge in [0.1, 0.15) is 0 Å². The minimum absolute atomic E-state index is 0.308. The highest BCUT2D eigenvalue weighted by atomic mass is 16.2. The van der Waals surface area contributed by atoms with Crippen LogP contribution in [0.2, 0.25) is 0 Å². The number of carbonyl (C=O) groups excluding carboxylic acids is 1. The van der Waals surface area contributed by atoms with Crippen LogP contribution in [0.5, 0.6) is 0 Å². The summed E-state index contributed by atoms with van der Waals surface area (Å²) in [5.41, 5.74) is 1.14.